The normalized spacial score (nSPS) is 13.1. The second-order valence-corrected chi connectivity index (χ2v) is 3.07. The predicted octanol–water partition coefficient (Wildman–Crippen LogP) is 3.02. The van der Waals surface area contributed by atoms with Crippen molar-refractivity contribution in [1.82, 2.24) is 4.98 Å². The van der Waals surface area contributed by atoms with E-state index in [1.165, 1.54) is 0 Å². The van der Waals surface area contributed by atoms with E-state index in [-0.39, 0.29) is 0 Å². The van der Waals surface area contributed by atoms with Crippen LogP contribution in [-0.4, -0.2) is 4.98 Å². The Morgan fingerprint density at radius 2 is 2.36 bits per heavy atom. The summed E-state index contributed by atoms with van der Waals surface area (Å²) < 4.78 is 5.62. The van der Waals surface area contributed by atoms with Gasteiger partial charge in [-0.2, -0.15) is 0 Å². The summed E-state index contributed by atoms with van der Waals surface area (Å²) in [6.07, 6.45) is 9.38. The van der Waals surface area contributed by atoms with Gasteiger partial charge in [-0.3, -0.25) is 4.98 Å². The van der Waals surface area contributed by atoms with Gasteiger partial charge >= 0.3 is 0 Å². The molecule has 0 radical (unpaired) electrons. The lowest BCUT2D eigenvalue weighted by Crippen LogP contribution is -1.75. The van der Waals surface area contributed by atoms with Gasteiger partial charge in [0.1, 0.15) is 11.3 Å². The topological polar surface area (TPSA) is 26.0 Å². The first-order valence-electron chi connectivity index (χ1n) is 4.42. The van der Waals surface area contributed by atoms with Crippen molar-refractivity contribution in [2.75, 3.05) is 0 Å². The zero-order chi connectivity index (χ0) is 9.38. The minimum atomic E-state index is 0.821. The Morgan fingerprint density at radius 1 is 1.36 bits per heavy atom. The van der Waals surface area contributed by atoms with Crippen LogP contribution in [0.15, 0.2) is 40.6 Å². The molecule has 0 atom stereocenters. The second kappa shape index (κ2) is 2.72. The van der Waals surface area contributed by atoms with E-state index >= 15 is 0 Å². The number of furan rings is 1. The molecule has 0 N–H and O–H groups in total. The van der Waals surface area contributed by atoms with Gasteiger partial charge in [0, 0.05) is 17.8 Å². The number of nitrogens with zero attached hydrogens (tertiary/aromatic N) is 1. The van der Waals surface area contributed by atoms with Gasteiger partial charge in [0.05, 0.1) is 0 Å². The van der Waals surface area contributed by atoms with Gasteiger partial charge in [0.15, 0.2) is 5.58 Å². The van der Waals surface area contributed by atoms with Crippen molar-refractivity contribution in [3.05, 3.63) is 47.5 Å². The van der Waals surface area contributed by atoms with Crippen molar-refractivity contribution in [1.29, 1.82) is 0 Å². The standard InChI is InChI=1S/C12H7NO/c1-2-5-9-10(6-3-1)14-11-7-4-8-13-12(9)11/h1-2,4-8H. The fourth-order valence-electron chi connectivity index (χ4n) is 1.56. The first-order chi connectivity index (χ1) is 6.95. The molecule has 0 unspecified atom stereocenters. The van der Waals surface area contributed by atoms with E-state index in [1.54, 1.807) is 6.20 Å². The van der Waals surface area contributed by atoms with Gasteiger partial charge in [-0.1, -0.05) is 6.08 Å². The third kappa shape index (κ3) is 0.951. The number of fused-ring (bicyclic) bond motifs is 3. The van der Waals surface area contributed by atoms with Gasteiger partial charge < -0.3 is 4.42 Å². The van der Waals surface area contributed by atoms with E-state index in [4.69, 9.17) is 4.42 Å². The first kappa shape index (κ1) is 7.36. The molecule has 14 heavy (non-hydrogen) atoms. The van der Waals surface area contributed by atoms with Crippen molar-refractivity contribution in [3.63, 3.8) is 0 Å². The highest BCUT2D eigenvalue weighted by molar-refractivity contribution is 5.88. The molecular weight excluding hydrogens is 174 g/mol. The molecule has 2 heteroatoms. The molecule has 66 valence electrons. The lowest BCUT2D eigenvalue weighted by atomic mass is 10.2. The molecule has 2 heterocycles. The van der Waals surface area contributed by atoms with Crippen molar-refractivity contribution in [2.24, 2.45) is 0 Å². The monoisotopic (exact) mass is 181 g/mol. The Kier molecular flexibility index (Phi) is 1.43. The number of rotatable bonds is 0. The molecule has 0 spiro atoms. The predicted molar refractivity (Wildman–Crippen MR) is 55.6 cm³/mol. The quantitative estimate of drug-likeness (QED) is 0.584. The second-order valence-electron chi connectivity index (χ2n) is 3.07. The molecule has 0 aromatic carbocycles. The third-order valence-corrected chi connectivity index (χ3v) is 2.18. The fourth-order valence-corrected chi connectivity index (χ4v) is 1.56. The van der Waals surface area contributed by atoms with Crippen LogP contribution in [0.3, 0.4) is 0 Å². The molecule has 2 aromatic heterocycles. The van der Waals surface area contributed by atoms with Crippen LogP contribution in [0.4, 0.5) is 0 Å². The fraction of sp³-hybridized carbons (Fsp3) is 0. The maximum Gasteiger partial charge on any atom is 0.153 e. The maximum absolute atomic E-state index is 5.62. The Bertz CT molecular complexity index is 583. The molecule has 1 aliphatic rings. The minimum Gasteiger partial charge on any atom is -0.454 e. The average Bonchev–Trinajstić information content (AvgIpc) is 2.42. The van der Waals surface area contributed by atoms with Crippen molar-refractivity contribution in [2.45, 2.75) is 0 Å². The number of hydrogen-bond donors (Lipinski definition) is 0. The summed E-state index contributed by atoms with van der Waals surface area (Å²) >= 11 is 0. The molecule has 0 aliphatic heterocycles. The van der Waals surface area contributed by atoms with Crippen molar-refractivity contribution < 1.29 is 4.42 Å². The smallest absolute Gasteiger partial charge is 0.153 e. The Morgan fingerprint density at radius 3 is 3.36 bits per heavy atom. The van der Waals surface area contributed by atoms with Crippen LogP contribution in [0, 0.1) is 0 Å². The maximum atomic E-state index is 5.62. The number of aromatic nitrogens is 1. The van der Waals surface area contributed by atoms with Crippen LogP contribution in [0.2, 0.25) is 0 Å². The van der Waals surface area contributed by atoms with Crippen LogP contribution in [0.1, 0.15) is 11.3 Å². The molecule has 0 fully saturated rings. The molecule has 1 aliphatic carbocycles. The van der Waals surface area contributed by atoms with Crippen LogP contribution in [0.25, 0.3) is 23.3 Å². The molecule has 0 saturated heterocycles. The van der Waals surface area contributed by atoms with Crippen LogP contribution >= 0.6 is 0 Å². The molecule has 0 saturated carbocycles. The summed E-state index contributed by atoms with van der Waals surface area (Å²) in [5, 5.41) is 0. The van der Waals surface area contributed by atoms with Crippen molar-refractivity contribution >= 4 is 23.3 Å². The summed E-state index contributed by atoms with van der Waals surface area (Å²) in [5.74, 6) is 0.823. The Hall–Kier alpha value is -2.05. The largest absolute Gasteiger partial charge is 0.454 e. The third-order valence-electron chi connectivity index (χ3n) is 2.18. The minimum absolute atomic E-state index is 0.821. The summed E-state index contributed by atoms with van der Waals surface area (Å²) in [7, 11) is 0. The zero-order valence-corrected chi connectivity index (χ0v) is 7.40. The zero-order valence-electron chi connectivity index (χ0n) is 7.40. The van der Waals surface area contributed by atoms with E-state index in [0.29, 0.717) is 0 Å². The van der Waals surface area contributed by atoms with E-state index in [0.717, 1.165) is 22.4 Å². The number of allylic oxidation sites excluding steroid dienone is 2. The number of hydrogen-bond acceptors (Lipinski definition) is 2. The summed E-state index contributed by atoms with van der Waals surface area (Å²) in [6.45, 7) is 0. The number of pyridine rings is 1. The molecule has 3 rings (SSSR count). The van der Waals surface area contributed by atoms with Gasteiger partial charge in [-0.05, 0) is 24.3 Å². The molecule has 0 amide bonds. The Labute approximate surface area is 80.9 Å². The highest BCUT2D eigenvalue weighted by Gasteiger charge is 2.10. The van der Waals surface area contributed by atoms with Crippen LogP contribution in [0.5, 0.6) is 0 Å². The van der Waals surface area contributed by atoms with Crippen LogP contribution < -0.4 is 0 Å². The van der Waals surface area contributed by atoms with E-state index < -0.39 is 0 Å². The van der Waals surface area contributed by atoms with Gasteiger partial charge in [-0.25, -0.2) is 0 Å². The van der Waals surface area contributed by atoms with E-state index in [1.807, 2.05) is 36.4 Å². The van der Waals surface area contributed by atoms with Gasteiger partial charge in [0.2, 0.25) is 0 Å². The summed E-state index contributed by atoms with van der Waals surface area (Å²) in [4.78, 5) is 4.29. The lowest BCUT2D eigenvalue weighted by Gasteiger charge is -1.87. The van der Waals surface area contributed by atoms with Crippen molar-refractivity contribution in [3.8, 4) is 0 Å². The van der Waals surface area contributed by atoms with E-state index in [9.17, 15) is 0 Å². The summed E-state index contributed by atoms with van der Waals surface area (Å²) in [5.41, 5.74) is 5.77. The summed E-state index contributed by atoms with van der Waals surface area (Å²) in [6, 6.07) is 3.79. The molecule has 2 nitrogen and oxygen atoms in total. The van der Waals surface area contributed by atoms with Gasteiger partial charge in [-0.15, -0.1) is 5.73 Å². The lowest BCUT2D eigenvalue weighted by molar-refractivity contribution is 0.603. The Balaban J connectivity index is 2.46. The first-order valence-corrected chi connectivity index (χ1v) is 4.42. The molecule has 2 aromatic rings. The average molecular weight is 181 g/mol. The van der Waals surface area contributed by atoms with Gasteiger partial charge in [0.25, 0.3) is 0 Å². The van der Waals surface area contributed by atoms with Crippen LogP contribution in [-0.2, 0) is 0 Å². The SMILES string of the molecule is C1=CC=Cc2c(oc3cccnc23)C=1. The van der Waals surface area contributed by atoms with E-state index in [2.05, 4.69) is 10.7 Å². The highest BCUT2D eigenvalue weighted by atomic mass is 16.3. The molecule has 0 bridgehead atoms. The highest BCUT2D eigenvalue weighted by Crippen LogP contribution is 2.26. The molecular formula is C12H7NO.